The molecule has 1 aromatic heterocycles. The molecule has 0 saturated heterocycles. The molecule has 0 atom stereocenters. The number of pyridine rings is 1. The summed E-state index contributed by atoms with van der Waals surface area (Å²) in [6, 6.07) is 8.68. The van der Waals surface area contributed by atoms with E-state index in [1.807, 2.05) is 18.2 Å². The van der Waals surface area contributed by atoms with Gasteiger partial charge in [-0.15, -0.1) is 0 Å². The molecular formula is C14H13ClFN. The minimum atomic E-state index is -0.393. The van der Waals surface area contributed by atoms with Crippen LogP contribution in [0.25, 0.3) is 11.1 Å². The molecule has 1 nitrogen and oxygen atoms in total. The highest BCUT2D eigenvalue weighted by Gasteiger charge is 2.07. The number of halogens is 2. The summed E-state index contributed by atoms with van der Waals surface area (Å²) in [4.78, 5) is 4.34. The van der Waals surface area contributed by atoms with Crippen molar-refractivity contribution in [3.63, 3.8) is 0 Å². The number of hydrogen-bond acceptors (Lipinski definition) is 1. The lowest BCUT2D eigenvalue weighted by molar-refractivity contribution is 0.629. The quantitative estimate of drug-likeness (QED) is 0.781. The van der Waals surface area contributed by atoms with Crippen molar-refractivity contribution in [2.75, 3.05) is 0 Å². The summed E-state index contributed by atoms with van der Waals surface area (Å²) in [5.74, 6) is -0.393. The van der Waals surface area contributed by atoms with E-state index in [9.17, 15) is 4.39 Å². The van der Waals surface area contributed by atoms with E-state index in [1.54, 1.807) is 12.3 Å². The molecule has 0 radical (unpaired) electrons. The summed E-state index contributed by atoms with van der Waals surface area (Å²) >= 11 is 5.68. The van der Waals surface area contributed by atoms with Crippen molar-refractivity contribution in [3.05, 3.63) is 53.1 Å². The zero-order valence-electron chi connectivity index (χ0n) is 9.58. The monoisotopic (exact) mass is 249 g/mol. The van der Waals surface area contributed by atoms with Gasteiger partial charge in [0.2, 0.25) is 0 Å². The number of rotatable bonds is 3. The van der Waals surface area contributed by atoms with E-state index < -0.39 is 5.82 Å². The average molecular weight is 250 g/mol. The Morgan fingerprint density at radius 3 is 2.82 bits per heavy atom. The smallest absolute Gasteiger partial charge is 0.142 e. The van der Waals surface area contributed by atoms with Gasteiger partial charge in [0, 0.05) is 17.5 Å². The van der Waals surface area contributed by atoms with E-state index in [-0.39, 0.29) is 5.02 Å². The summed E-state index contributed by atoms with van der Waals surface area (Å²) in [6.45, 7) is 2.10. The first-order valence-electron chi connectivity index (χ1n) is 5.61. The van der Waals surface area contributed by atoms with Gasteiger partial charge in [-0.1, -0.05) is 37.1 Å². The molecule has 0 aliphatic rings. The van der Waals surface area contributed by atoms with Gasteiger partial charge in [0.25, 0.3) is 0 Å². The van der Waals surface area contributed by atoms with Crippen LogP contribution in [0.4, 0.5) is 4.39 Å². The van der Waals surface area contributed by atoms with Crippen LogP contribution >= 0.6 is 11.6 Å². The van der Waals surface area contributed by atoms with Crippen molar-refractivity contribution in [3.8, 4) is 11.1 Å². The van der Waals surface area contributed by atoms with Crippen LogP contribution in [0, 0.1) is 5.82 Å². The predicted octanol–water partition coefficient (Wildman–Crippen LogP) is 4.49. The first kappa shape index (κ1) is 12.1. The summed E-state index contributed by atoms with van der Waals surface area (Å²) in [6.07, 6.45) is 3.67. The van der Waals surface area contributed by atoms with E-state index in [2.05, 4.69) is 11.9 Å². The molecule has 0 spiro atoms. The molecular weight excluding hydrogens is 237 g/mol. The maximum absolute atomic E-state index is 13.4. The summed E-state index contributed by atoms with van der Waals surface area (Å²) in [5, 5.41) is 0.148. The second kappa shape index (κ2) is 5.28. The fraction of sp³-hybridized carbons (Fsp3) is 0.214. The highest BCUT2D eigenvalue weighted by Crippen LogP contribution is 2.26. The van der Waals surface area contributed by atoms with Gasteiger partial charge in [0.05, 0.1) is 5.02 Å². The van der Waals surface area contributed by atoms with Crippen molar-refractivity contribution in [1.29, 1.82) is 0 Å². The fourth-order valence-corrected chi connectivity index (χ4v) is 1.92. The summed E-state index contributed by atoms with van der Waals surface area (Å²) in [7, 11) is 0. The van der Waals surface area contributed by atoms with E-state index in [1.165, 1.54) is 6.07 Å². The van der Waals surface area contributed by atoms with Crippen LogP contribution in [0.15, 0.2) is 36.5 Å². The van der Waals surface area contributed by atoms with Crippen molar-refractivity contribution >= 4 is 11.6 Å². The van der Waals surface area contributed by atoms with Crippen LogP contribution < -0.4 is 0 Å². The molecule has 0 amide bonds. The lowest BCUT2D eigenvalue weighted by Crippen LogP contribution is -1.93. The highest BCUT2D eigenvalue weighted by atomic mass is 35.5. The molecule has 0 saturated carbocycles. The Balaban J connectivity index is 2.48. The lowest BCUT2D eigenvalue weighted by Gasteiger charge is -2.08. The van der Waals surface area contributed by atoms with Crippen LogP contribution in [0.3, 0.4) is 0 Å². The van der Waals surface area contributed by atoms with Gasteiger partial charge < -0.3 is 0 Å². The Morgan fingerprint density at radius 2 is 2.12 bits per heavy atom. The molecule has 2 aromatic rings. The molecule has 17 heavy (non-hydrogen) atoms. The Hall–Kier alpha value is -1.41. The van der Waals surface area contributed by atoms with E-state index in [4.69, 9.17) is 11.6 Å². The first-order chi connectivity index (χ1) is 8.22. The molecule has 2 rings (SSSR count). The maximum Gasteiger partial charge on any atom is 0.142 e. The zero-order valence-corrected chi connectivity index (χ0v) is 10.3. The molecule has 1 heterocycles. The molecule has 0 N–H and O–H groups in total. The topological polar surface area (TPSA) is 12.9 Å². The molecule has 3 heteroatoms. The molecule has 88 valence electrons. The van der Waals surface area contributed by atoms with Gasteiger partial charge in [0.1, 0.15) is 5.82 Å². The number of nitrogens with zero attached hydrogens (tertiary/aromatic N) is 1. The normalized spacial score (nSPS) is 10.5. The fourth-order valence-electron chi connectivity index (χ4n) is 1.80. The van der Waals surface area contributed by atoms with Gasteiger partial charge in [-0.25, -0.2) is 4.39 Å². The Labute approximate surface area is 105 Å². The largest absolute Gasteiger partial charge is 0.261 e. The number of hydrogen-bond donors (Lipinski definition) is 0. The molecule has 1 aromatic carbocycles. The summed E-state index contributed by atoms with van der Waals surface area (Å²) < 4.78 is 13.4. The molecule has 0 bridgehead atoms. The second-order valence-electron chi connectivity index (χ2n) is 3.88. The Morgan fingerprint density at radius 1 is 1.29 bits per heavy atom. The third kappa shape index (κ3) is 2.64. The van der Waals surface area contributed by atoms with Gasteiger partial charge in [-0.3, -0.25) is 4.98 Å². The van der Waals surface area contributed by atoms with E-state index in [0.29, 0.717) is 0 Å². The van der Waals surface area contributed by atoms with Crippen LogP contribution in [-0.4, -0.2) is 4.98 Å². The van der Waals surface area contributed by atoms with Crippen molar-refractivity contribution in [2.45, 2.75) is 19.8 Å². The van der Waals surface area contributed by atoms with Crippen LogP contribution in [-0.2, 0) is 6.42 Å². The number of benzene rings is 1. The Bertz CT molecular complexity index is 525. The van der Waals surface area contributed by atoms with Crippen LogP contribution in [0.1, 0.15) is 19.0 Å². The van der Waals surface area contributed by atoms with Crippen LogP contribution in [0.5, 0.6) is 0 Å². The molecule has 0 aliphatic carbocycles. The average Bonchev–Trinajstić information content (AvgIpc) is 2.34. The molecule has 0 aliphatic heterocycles. The number of aromatic nitrogens is 1. The van der Waals surface area contributed by atoms with E-state index in [0.717, 1.165) is 29.7 Å². The first-order valence-corrected chi connectivity index (χ1v) is 5.99. The summed E-state index contributed by atoms with van der Waals surface area (Å²) in [5.41, 5.74) is 2.80. The molecule has 0 fully saturated rings. The minimum absolute atomic E-state index is 0.148. The van der Waals surface area contributed by atoms with Gasteiger partial charge in [-0.05, 0) is 30.2 Å². The number of aryl methyl sites for hydroxylation is 1. The second-order valence-corrected chi connectivity index (χ2v) is 4.28. The Kier molecular flexibility index (Phi) is 3.75. The van der Waals surface area contributed by atoms with Crippen molar-refractivity contribution < 1.29 is 4.39 Å². The highest BCUT2D eigenvalue weighted by molar-refractivity contribution is 6.30. The third-order valence-electron chi connectivity index (χ3n) is 2.61. The van der Waals surface area contributed by atoms with Gasteiger partial charge in [-0.2, -0.15) is 0 Å². The standard InChI is InChI=1S/C14H13ClFN/c1-2-4-14-11(5-3-8-17-14)10-6-7-12(15)13(16)9-10/h3,5-9H,2,4H2,1H3. The van der Waals surface area contributed by atoms with Gasteiger partial charge >= 0.3 is 0 Å². The lowest BCUT2D eigenvalue weighted by atomic mass is 10.0. The van der Waals surface area contributed by atoms with Crippen molar-refractivity contribution in [1.82, 2.24) is 4.98 Å². The minimum Gasteiger partial charge on any atom is -0.261 e. The zero-order chi connectivity index (χ0) is 12.3. The maximum atomic E-state index is 13.4. The van der Waals surface area contributed by atoms with Crippen molar-refractivity contribution in [2.24, 2.45) is 0 Å². The van der Waals surface area contributed by atoms with Gasteiger partial charge in [0.15, 0.2) is 0 Å². The molecule has 0 unspecified atom stereocenters. The third-order valence-corrected chi connectivity index (χ3v) is 2.91. The van der Waals surface area contributed by atoms with E-state index >= 15 is 0 Å². The SMILES string of the molecule is CCCc1ncccc1-c1ccc(Cl)c(F)c1. The van der Waals surface area contributed by atoms with Crippen LogP contribution in [0.2, 0.25) is 5.02 Å². The predicted molar refractivity (Wildman–Crippen MR) is 68.6 cm³/mol.